The molecule has 4 nitrogen and oxygen atoms in total. The van der Waals surface area contributed by atoms with Crippen LogP contribution in [0.1, 0.15) is 24.6 Å². The molecule has 1 aromatic rings. The fourth-order valence-electron chi connectivity index (χ4n) is 2.35. The molecule has 0 N–H and O–H groups in total. The van der Waals surface area contributed by atoms with Gasteiger partial charge in [-0.25, -0.2) is 0 Å². The van der Waals surface area contributed by atoms with E-state index in [4.69, 9.17) is 0 Å². The molecule has 1 saturated heterocycles. The average molecular weight is 359 g/mol. The zero-order chi connectivity index (χ0) is 14.5. The number of carbonyl (C=O) groups excluding carboxylic acids is 2. The number of carbonyl (C=O) groups is 2. The van der Waals surface area contributed by atoms with E-state index in [1.54, 1.807) is 11.3 Å². The zero-order valence-electron chi connectivity index (χ0n) is 11.6. The van der Waals surface area contributed by atoms with Crippen LogP contribution in [-0.2, 0) is 16.0 Å². The molecule has 20 heavy (non-hydrogen) atoms. The lowest BCUT2D eigenvalue weighted by molar-refractivity contribution is -0.133. The van der Waals surface area contributed by atoms with Gasteiger partial charge in [0.1, 0.15) is 0 Å². The van der Waals surface area contributed by atoms with Crippen LogP contribution in [0.15, 0.2) is 15.9 Å². The van der Waals surface area contributed by atoms with E-state index in [9.17, 15) is 9.59 Å². The SMILES string of the molecule is CCC(=O)N1CCCN(C(=O)Cc2ccc(Br)s2)CC1. The summed E-state index contributed by atoms with van der Waals surface area (Å²) in [7, 11) is 0. The fourth-order valence-corrected chi connectivity index (χ4v) is 3.82. The monoisotopic (exact) mass is 358 g/mol. The van der Waals surface area contributed by atoms with E-state index in [1.807, 2.05) is 28.9 Å². The van der Waals surface area contributed by atoms with Gasteiger partial charge in [-0.1, -0.05) is 6.92 Å². The van der Waals surface area contributed by atoms with E-state index < -0.39 is 0 Å². The molecule has 0 spiro atoms. The summed E-state index contributed by atoms with van der Waals surface area (Å²) < 4.78 is 1.05. The minimum atomic E-state index is 0.158. The standard InChI is InChI=1S/C14H19BrN2O2S/c1-2-13(18)16-6-3-7-17(9-8-16)14(19)10-11-4-5-12(15)20-11/h4-5H,2-3,6-10H2,1H3. The number of thiophene rings is 1. The molecule has 0 unspecified atom stereocenters. The largest absolute Gasteiger partial charge is 0.341 e. The summed E-state index contributed by atoms with van der Waals surface area (Å²) in [6, 6.07) is 3.95. The van der Waals surface area contributed by atoms with E-state index in [0.717, 1.165) is 28.2 Å². The maximum absolute atomic E-state index is 12.3. The molecule has 2 amide bonds. The Morgan fingerprint density at radius 1 is 1.15 bits per heavy atom. The molecule has 6 heteroatoms. The third-order valence-corrected chi connectivity index (χ3v) is 5.08. The first-order chi connectivity index (χ1) is 9.60. The highest BCUT2D eigenvalue weighted by Gasteiger charge is 2.21. The molecule has 0 bridgehead atoms. The van der Waals surface area contributed by atoms with E-state index in [0.29, 0.717) is 25.9 Å². The second-order valence-corrected chi connectivity index (χ2v) is 7.40. The average Bonchev–Trinajstić information content (AvgIpc) is 2.70. The summed E-state index contributed by atoms with van der Waals surface area (Å²) in [5.41, 5.74) is 0. The molecule has 0 saturated carbocycles. The molecule has 110 valence electrons. The molecule has 0 aromatic carbocycles. The second kappa shape index (κ2) is 7.22. The van der Waals surface area contributed by atoms with Crippen molar-refractivity contribution in [2.75, 3.05) is 26.2 Å². The lowest BCUT2D eigenvalue weighted by atomic mass is 10.3. The van der Waals surface area contributed by atoms with Crippen LogP contribution in [0.25, 0.3) is 0 Å². The van der Waals surface area contributed by atoms with Crippen LogP contribution in [-0.4, -0.2) is 47.8 Å². The van der Waals surface area contributed by atoms with Gasteiger partial charge in [0.15, 0.2) is 0 Å². The number of hydrogen-bond acceptors (Lipinski definition) is 3. The van der Waals surface area contributed by atoms with Gasteiger partial charge in [-0.3, -0.25) is 9.59 Å². The number of nitrogens with zero attached hydrogens (tertiary/aromatic N) is 2. The summed E-state index contributed by atoms with van der Waals surface area (Å²) in [6.45, 7) is 4.70. The first-order valence-electron chi connectivity index (χ1n) is 6.90. The van der Waals surface area contributed by atoms with E-state index in [-0.39, 0.29) is 11.8 Å². The highest BCUT2D eigenvalue weighted by atomic mass is 79.9. The summed E-state index contributed by atoms with van der Waals surface area (Å²) in [5, 5.41) is 0. The third-order valence-electron chi connectivity index (χ3n) is 3.46. The van der Waals surface area contributed by atoms with Crippen molar-refractivity contribution in [1.29, 1.82) is 0 Å². The topological polar surface area (TPSA) is 40.6 Å². The predicted molar refractivity (Wildman–Crippen MR) is 83.8 cm³/mol. The maximum Gasteiger partial charge on any atom is 0.227 e. The highest BCUT2D eigenvalue weighted by Crippen LogP contribution is 2.23. The van der Waals surface area contributed by atoms with Crippen molar-refractivity contribution in [3.63, 3.8) is 0 Å². The van der Waals surface area contributed by atoms with Gasteiger partial charge in [0.2, 0.25) is 11.8 Å². The molecule has 0 aliphatic carbocycles. The highest BCUT2D eigenvalue weighted by molar-refractivity contribution is 9.11. The maximum atomic E-state index is 12.3. The Kier molecular flexibility index (Phi) is 5.60. The Labute approximate surface area is 131 Å². The lowest BCUT2D eigenvalue weighted by Gasteiger charge is -2.21. The number of rotatable bonds is 3. The molecule has 2 rings (SSSR count). The van der Waals surface area contributed by atoms with Crippen molar-refractivity contribution in [2.24, 2.45) is 0 Å². The Morgan fingerprint density at radius 3 is 2.35 bits per heavy atom. The van der Waals surface area contributed by atoms with Gasteiger partial charge in [-0.05, 0) is 34.5 Å². The summed E-state index contributed by atoms with van der Waals surface area (Å²) in [6.07, 6.45) is 1.86. The van der Waals surface area contributed by atoms with Gasteiger partial charge in [-0.2, -0.15) is 0 Å². The normalized spacial score (nSPS) is 16.1. The van der Waals surface area contributed by atoms with Crippen LogP contribution in [0.5, 0.6) is 0 Å². The van der Waals surface area contributed by atoms with Crippen LogP contribution < -0.4 is 0 Å². The summed E-state index contributed by atoms with van der Waals surface area (Å²) in [4.78, 5) is 28.8. The molecule has 1 fully saturated rings. The third kappa shape index (κ3) is 4.06. The Balaban J connectivity index is 1.89. The Morgan fingerprint density at radius 2 is 1.80 bits per heavy atom. The second-order valence-electron chi connectivity index (χ2n) is 4.85. The summed E-state index contributed by atoms with van der Waals surface area (Å²) >= 11 is 5.01. The first-order valence-corrected chi connectivity index (χ1v) is 8.51. The number of amides is 2. The first kappa shape index (κ1) is 15.5. The van der Waals surface area contributed by atoms with E-state index in [1.165, 1.54) is 0 Å². The Hall–Kier alpha value is -0.880. The van der Waals surface area contributed by atoms with Crippen molar-refractivity contribution in [3.05, 3.63) is 20.8 Å². The molecule has 0 radical (unpaired) electrons. The molecule has 0 atom stereocenters. The van der Waals surface area contributed by atoms with Gasteiger partial charge in [0.25, 0.3) is 0 Å². The van der Waals surface area contributed by atoms with Gasteiger partial charge < -0.3 is 9.80 Å². The molecule has 1 aromatic heterocycles. The van der Waals surface area contributed by atoms with E-state index >= 15 is 0 Å². The summed E-state index contributed by atoms with van der Waals surface area (Å²) in [5.74, 6) is 0.339. The number of halogens is 1. The Bertz CT molecular complexity index is 489. The predicted octanol–water partition coefficient (Wildman–Crippen LogP) is 2.52. The lowest BCUT2D eigenvalue weighted by Crippen LogP contribution is -2.37. The number of hydrogen-bond donors (Lipinski definition) is 0. The van der Waals surface area contributed by atoms with E-state index in [2.05, 4.69) is 15.9 Å². The van der Waals surface area contributed by atoms with Gasteiger partial charge >= 0.3 is 0 Å². The molecule has 1 aliphatic heterocycles. The van der Waals surface area contributed by atoms with Gasteiger partial charge in [0.05, 0.1) is 10.2 Å². The van der Waals surface area contributed by atoms with Crippen molar-refractivity contribution in [3.8, 4) is 0 Å². The van der Waals surface area contributed by atoms with Crippen LogP contribution in [0.3, 0.4) is 0 Å². The van der Waals surface area contributed by atoms with Crippen LogP contribution in [0, 0.1) is 0 Å². The fraction of sp³-hybridized carbons (Fsp3) is 0.571. The molecule has 2 heterocycles. The van der Waals surface area contributed by atoms with Crippen LogP contribution >= 0.6 is 27.3 Å². The van der Waals surface area contributed by atoms with Crippen molar-refractivity contribution in [1.82, 2.24) is 9.80 Å². The van der Waals surface area contributed by atoms with Gasteiger partial charge in [0, 0.05) is 37.5 Å². The van der Waals surface area contributed by atoms with Crippen molar-refractivity contribution in [2.45, 2.75) is 26.2 Å². The van der Waals surface area contributed by atoms with Crippen molar-refractivity contribution >= 4 is 39.1 Å². The quantitative estimate of drug-likeness (QED) is 0.832. The van der Waals surface area contributed by atoms with Crippen molar-refractivity contribution < 1.29 is 9.59 Å². The zero-order valence-corrected chi connectivity index (χ0v) is 14.0. The molecule has 1 aliphatic rings. The van der Waals surface area contributed by atoms with Gasteiger partial charge in [-0.15, -0.1) is 11.3 Å². The minimum absolute atomic E-state index is 0.158. The molecular formula is C14H19BrN2O2S. The minimum Gasteiger partial charge on any atom is -0.341 e. The molecular weight excluding hydrogens is 340 g/mol. The van der Waals surface area contributed by atoms with Crippen LogP contribution in [0.4, 0.5) is 0 Å². The smallest absolute Gasteiger partial charge is 0.227 e. The van der Waals surface area contributed by atoms with Crippen LogP contribution in [0.2, 0.25) is 0 Å².